The van der Waals surface area contributed by atoms with E-state index in [9.17, 15) is 9.59 Å². The van der Waals surface area contributed by atoms with Gasteiger partial charge in [0, 0.05) is 110 Å². The summed E-state index contributed by atoms with van der Waals surface area (Å²) in [6, 6.07) is 45.2. The second-order valence-electron chi connectivity index (χ2n) is 33.5. The fraction of sp³-hybridized carbons (Fsp3) is 0.222. The maximum absolute atomic E-state index is 12.0. The molecule has 21 rings (SSSR count). The summed E-state index contributed by atoms with van der Waals surface area (Å²) in [5.41, 5.74) is 20.3. The van der Waals surface area contributed by atoms with Gasteiger partial charge in [-0.15, -0.1) is 5.10 Å². The summed E-state index contributed by atoms with van der Waals surface area (Å²) >= 11 is 0. The number of ether oxygens (including phenoxy) is 2. The lowest BCUT2D eigenvalue weighted by atomic mass is 9.90. The van der Waals surface area contributed by atoms with Crippen LogP contribution in [0.4, 0.5) is 62.3 Å². The molecule has 0 aliphatic rings. The molecule has 652 valence electrons. The van der Waals surface area contributed by atoms with Crippen molar-refractivity contribution in [1.82, 2.24) is 121 Å². The van der Waals surface area contributed by atoms with E-state index in [1.54, 1.807) is 80.9 Å². The van der Waals surface area contributed by atoms with Gasteiger partial charge in [-0.25, -0.2) is 29.8 Å². The molecular weight excluding hydrogens is 1650 g/mol. The van der Waals surface area contributed by atoms with Gasteiger partial charge in [-0.2, -0.15) is 25.1 Å². The summed E-state index contributed by atoms with van der Waals surface area (Å²) in [7, 11) is 4.29. The molecule has 1 amide bonds. The van der Waals surface area contributed by atoms with E-state index in [1.807, 2.05) is 121 Å². The molecule has 0 aliphatic heterocycles. The molecule has 3 aromatic carbocycles. The van der Waals surface area contributed by atoms with Crippen LogP contribution in [0.25, 0.3) is 110 Å². The van der Waals surface area contributed by atoms with Crippen molar-refractivity contribution < 1.29 is 46.5 Å². The minimum atomic E-state index is -0.596. The first-order valence-corrected chi connectivity index (χ1v) is 40.8. The number of hydrogen-bond acceptors (Lipinski definition) is 33. The SMILES string of the molecule is CC(C)(C)Cc1noc2cc(Nc3[nH]nc4ncccc34)cnc12.CC(C)(C)Cc1noc2cc(Nc3n[nH]c4cccnc34)cnc12.COC(=O)n1nc(Nc2cnc3c(CC(C)(C)C)noc3c2)c2ncccc21.CON(C)C(=O)Cc1noc2cc(Nc3n[nH]c4cccnc34)ccc12.c1ccc(OCc2noc3cc(Nc4n[nH]c5cccnc45)ccc23)cc1. The van der Waals surface area contributed by atoms with Crippen LogP contribution in [0.1, 0.15) is 90.8 Å². The predicted octanol–water partition coefficient (Wildman–Crippen LogP) is 18.4. The highest BCUT2D eigenvalue weighted by atomic mass is 16.7. The lowest BCUT2D eigenvalue weighted by molar-refractivity contribution is -0.167. The van der Waals surface area contributed by atoms with Crippen molar-refractivity contribution in [3.05, 3.63) is 224 Å². The molecule has 0 aliphatic carbocycles. The zero-order valence-corrected chi connectivity index (χ0v) is 72.0. The zero-order chi connectivity index (χ0) is 89.5. The molecule has 39 heteroatoms. The number of carbonyl (C=O) groups excluding carboxylic acids is 2. The number of aromatic amines is 4. The highest BCUT2D eigenvalue weighted by Gasteiger charge is 2.25. The molecule has 18 heterocycles. The molecule has 18 aromatic heterocycles. The van der Waals surface area contributed by atoms with Crippen molar-refractivity contribution in [2.45, 2.75) is 94.6 Å². The number of para-hydroxylation sites is 1. The van der Waals surface area contributed by atoms with Crippen LogP contribution in [-0.4, -0.2) is 155 Å². The van der Waals surface area contributed by atoms with Crippen molar-refractivity contribution >= 4 is 180 Å². The van der Waals surface area contributed by atoms with Crippen LogP contribution in [-0.2, 0) is 46.7 Å². The molecule has 129 heavy (non-hydrogen) atoms. The van der Waals surface area contributed by atoms with E-state index in [4.69, 9.17) is 36.9 Å². The molecule has 0 unspecified atom stereocenters. The number of H-pyrrole nitrogens is 4. The Labute approximate surface area is 732 Å². The van der Waals surface area contributed by atoms with E-state index in [2.05, 4.69) is 200 Å². The van der Waals surface area contributed by atoms with Gasteiger partial charge in [0.05, 0.1) is 78.2 Å². The number of carbonyl (C=O) groups is 2. The average molecular weight is 1730 g/mol. The Balaban J connectivity index is 0.000000113. The number of nitrogens with zero attached hydrogens (tertiary/aromatic N) is 20. The topological polar surface area (TPSA) is 491 Å². The minimum Gasteiger partial charge on any atom is -0.487 e. The number of benzene rings is 3. The predicted molar refractivity (Wildman–Crippen MR) is 484 cm³/mol. The fourth-order valence-electron chi connectivity index (χ4n) is 13.8. The van der Waals surface area contributed by atoms with E-state index in [0.29, 0.717) is 85.9 Å². The largest absolute Gasteiger partial charge is 0.487 e. The lowest BCUT2D eigenvalue weighted by Gasteiger charge is -2.15. The number of hydrogen-bond donors (Lipinski definition) is 9. The normalized spacial score (nSPS) is 11.7. The molecular formula is C90H87N29O10. The molecule has 9 N–H and O–H groups in total. The van der Waals surface area contributed by atoms with Gasteiger partial charge >= 0.3 is 6.09 Å². The van der Waals surface area contributed by atoms with Gasteiger partial charge in [-0.3, -0.25) is 50.0 Å². The van der Waals surface area contributed by atoms with E-state index in [0.717, 1.165) is 152 Å². The van der Waals surface area contributed by atoms with Crippen LogP contribution in [0.3, 0.4) is 0 Å². The lowest BCUT2D eigenvalue weighted by Crippen LogP contribution is -2.27. The highest BCUT2D eigenvalue weighted by molar-refractivity contribution is 5.97. The van der Waals surface area contributed by atoms with E-state index in [1.165, 1.54) is 14.2 Å². The average Bonchev–Trinajstić information content (AvgIpc) is 1.63. The molecule has 0 spiro atoms. The number of amides is 1. The highest BCUT2D eigenvalue weighted by Crippen LogP contribution is 2.36. The molecule has 0 radical (unpaired) electrons. The fourth-order valence-corrected chi connectivity index (χ4v) is 13.8. The Kier molecular flexibility index (Phi) is 23.7. The number of pyridine rings is 8. The first kappa shape index (κ1) is 84.5. The Hall–Kier alpha value is -16.7. The molecule has 39 nitrogen and oxygen atoms in total. The van der Waals surface area contributed by atoms with Crippen LogP contribution in [0.5, 0.6) is 5.75 Å². The number of hydroxylamine groups is 2. The first-order valence-electron chi connectivity index (χ1n) is 40.8. The second-order valence-corrected chi connectivity index (χ2v) is 33.5. The molecule has 21 aromatic rings. The van der Waals surface area contributed by atoms with Gasteiger partial charge in [0.15, 0.2) is 56.8 Å². The van der Waals surface area contributed by atoms with Crippen molar-refractivity contribution in [2.75, 3.05) is 47.9 Å². The van der Waals surface area contributed by atoms with E-state index >= 15 is 0 Å². The third-order valence-corrected chi connectivity index (χ3v) is 19.8. The number of methoxy groups -OCH3 is 1. The Morgan fingerprint density at radius 3 is 1.31 bits per heavy atom. The number of rotatable bonds is 19. The Morgan fingerprint density at radius 2 is 0.822 bits per heavy atom. The van der Waals surface area contributed by atoms with Gasteiger partial charge in [0.25, 0.3) is 5.91 Å². The van der Waals surface area contributed by atoms with E-state index in [-0.39, 0.29) is 28.6 Å². The molecule has 0 saturated carbocycles. The second kappa shape index (κ2) is 36.2. The Morgan fingerprint density at radius 1 is 0.403 bits per heavy atom. The van der Waals surface area contributed by atoms with Crippen molar-refractivity contribution in [2.24, 2.45) is 16.2 Å². The number of anilines is 10. The van der Waals surface area contributed by atoms with Gasteiger partial charge in [-0.1, -0.05) is 106 Å². The quantitative estimate of drug-likeness (QED) is 0.0340. The van der Waals surface area contributed by atoms with Crippen LogP contribution in [0.15, 0.2) is 218 Å². The third kappa shape index (κ3) is 19.6. The van der Waals surface area contributed by atoms with Gasteiger partial charge in [0.2, 0.25) is 0 Å². The minimum absolute atomic E-state index is 0.0771. The molecule has 0 bridgehead atoms. The maximum Gasteiger partial charge on any atom is 0.435 e. The van der Waals surface area contributed by atoms with Gasteiger partial charge < -0.3 is 58.7 Å². The number of nitrogens with one attached hydrogen (secondary N) is 9. The number of fused-ring (bicyclic) bond motifs is 10. The summed E-state index contributed by atoms with van der Waals surface area (Å²) in [5.74, 6) is 3.71. The zero-order valence-electron chi connectivity index (χ0n) is 72.0. The smallest absolute Gasteiger partial charge is 0.435 e. The summed E-state index contributed by atoms with van der Waals surface area (Å²) in [5, 5.41) is 73.5. The summed E-state index contributed by atoms with van der Waals surface area (Å²) in [6.07, 6.45) is 15.6. The van der Waals surface area contributed by atoms with Crippen molar-refractivity contribution in [3.63, 3.8) is 0 Å². The summed E-state index contributed by atoms with van der Waals surface area (Å²) in [6.45, 7) is 19.8. The molecule has 0 fully saturated rings. The van der Waals surface area contributed by atoms with Crippen molar-refractivity contribution in [3.8, 4) is 5.75 Å². The molecule has 0 atom stereocenters. The maximum atomic E-state index is 12.0. The van der Waals surface area contributed by atoms with Crippen molar-refractivity contribution in [1.29, 1.82) is 0 Å². The standard InChI is InChI=1S/C20H15N5O2.C19H20N6O3.C17H16N6O3.2C17H18N6O/c1-2-5-14(6-3-1)26-12-17-15-9-8-13(11-18(15)27-25-17)22-20-19-16(23-24-20)7-4-10-21-19;1-19(2,3)9-12-15-14(28-24-12)8-11(10-21-15)22-17-16-13(6-5-7-20-16)25(23-17)18(26)27-4;1-23(25-2)15(24)9-13-11-6-5-10(8-14(11)26-22-13)19-17-16-12(20-21-17)4-3-7-18-16;1-17(2,3)8-12-14-13(24-23-12)7-10(9-19-14)20-16-15-11(21-22-16)5-4-6-18-15;1-17(2,3)8-12-14-13(24-23-12)7-10(9-19-14)20-16-11-5-4-6-18-15(11)21-22-16/h1-11H,12H2,(H2,22,23,24);5-8,10H,9H2,1-4H3,(H,22,23);3-8H,9H2,1-2H3,(H2,19,20,21);4-7,9H,8H2,1-3H3,(H2,20,21,22);4-7,9H,8H2,1-3H3,(H2,18,20,21,22). The Bertz CT molecular complexity index is 7380. The monoisotopic (exact) mass is 1730 g/mol. The summed E-state index contributed by atoms with van der Waals surface area (Å²) < 4.78 is 38.9. The number of aromatic nitrogens is 23. The van der Waals surface area contributed by atoms with Gasteiger partial charge in [-0.05, 0) is 113 Å². The summed E-state index contributed by atoms with van der Waals surface area (Å²) in [4.78, 5) is 63.9. The van der Waals surface area contributed by atoms with E-state index < -0.39 is 6.09 Å². The van der Waals surface area contributed by atoms with Gasteiger partial charge in [0.1, 0.15) is 90.8 Å². The molecule has 0 saturated heterocycles. The van der Waals surface area contributed by atoms with Crippen LogP contribution >= 0.6 is 0 Å². The third-order valence-electron chi connectivity index (χ3n) is 19.8. The van der Waals surface area contributed by atoms with Crippen LogP contribution in [0.2, 0.25) is 0 Å². The number of likely N-dealkylation sites (N-methyl/N-ethyl adjacent to an activating group) is 1. The van der Waals surface area contributed by atoms with Crippen LogP contribution < -0.4 is 31.3 Å². The van der Waals surface area contributed by atoms with Crippen LogP contribution in [0, 0.1) is 16.2 Å². The first-order chi connectivity index (χ1) is 62.4.